The molecule has 1 unspecified atom stereocenters. The Morgan fingerprint density at radius 1 is 0.719 bits per heavy atom. The van der Waals surface area contributed by atoms with Gasteiger partial charge < -0.3 is 39.9 Å². The molecule has 2 aromatic heterocycles. The fourth-order valence-electron chi connectivity index (χ4n) is 8.54. The number of nitrogens with zero attached hydrogens (tertiary/aromatic N) is 4. The van der Waals surface area contributed by atoms with Crippen molar-refractivity contribution in [2.24, 2.45) is 11.8 Å². The Morgan fingerprint density at radius 3 is 1.86 bits per heavy atom. The minimum Gasteiger partial charge on any atom is -0.453 e. The van der Waals surface area contributed by atoms with Crippen molar-refractivity contribution < 1.29 is 28.7 Å². The van der Waals surface area contributed by atoms with Crippen LogP contribution >= 0.6 is 0 Å². The fourth-order valence-corrected chi connectivity index (χ4v) is 8.54. The molecule has 1 aliphatic carbocycles. The molecule has 57 heavy (non-hydrogen) atoms. The number of benzene rings is 2. The van der Waals surface area contributed by atoms with E-state index in [1.165, 1.54) is 19.8 Å². The van der Waals surface area contributed by atoms with Crippen LogP contribution < -0.4 is 10.6 Å². The number of aromatic nitrogens is 4. The van der Waals surface area contributed by atoms with E-state index in [0.717, 1.165) is 95.9 Å². The normalized spacial score (nSPS) is 18.8. The van der Waals surface area contributed by atoms with Crippen LogP contribution in [0.15, 0.2) is 48.7 Å². The van der Waals surface area contributed by atoms with Crippen LogP contribution in [0.4, 0.5) is 9.59 Å². The van der Waals surface area contributed by atoms with E-state index in [4.69, 9.17) is 19.4 Å². The summed E-state index contributed by atoms with van der Waals surface area (Å²) >= 11 is 0. The van der Waals surface area contributed by atoms with Gasteiger partial charge in [0.25, 0.3) is 0 Å². The van der Waals surface area contributed by atoms with E-state index < -0.39 is 24.3 Å². The van der Waals surface area contributed by atoms with E-state index in [9.17, 15) is 19.2 Å². The predicted molar refractivity (Wildman–Crippen MR) is 215 cm³/mol. The average molecular weight is 779 g/mol. The lowest BCUT2D eigenvalue weighted by Gasteiger charge is -2.30. The molecule has 2 fully saturated rings. The number of H-pyrrole nitrogens is 2. The van der Waals surface area contributed by atoms with Crippen LogP contribution in [0.3, 0.4) is 0 Å². The maximum atomic E-state index is 13.7. The van der Waals surface area contributed by atoms with Gasteiger partial charge in [0.05, 0.1) is 43.9 Å². The molecule has 4 aromatic rings. The number of amides is 4. The Labute approximate surface area is 333 Å². The summed E-state index contributed by atoms with van der Waals surface area (Å²) in [6, 6.07) is 13.2. The number of carbonyl (C=O) groups excluding carboxylic acids is 4. The maximum absolute atomic E-state index is 13.7. The number of aryl methyl sites for hydroxylation is 2. The number of hydrogen-bond donors (Lipinski definition) is 4. The average Bonchev–Trinajstić information content (AvgIpc) is 4.04. The van der Waals surface area contributed by atoms with Crippen LogP contribution in [0.5, 0.6) is 0 Å². The van der Waals surface area contributed by atoms with Crippen molar-refractivity contribution in [3.8, 4) is 33.6 Å². The third-order valence-corrected chi connectivity index (χ3v) is 11.6. The van der Waals surface area contributed by atoms with E-state index in [0.29, 0.717) is 13.1 Å². The maximum Gasteiger partial charge on any atom is 0.407 e. The predicted octanol–water partition coefficient (Wildman–Crippen LogP) is 6.71. The highest BCUT2D eigenvalue weighted by Gasteiger charge is 2.39. The van der Waals surface area contributed by atoms with Crippen molar-refractivity contribution in [1.29, 1.82) is 0 Å². The lowest BCUT2D eigenvalue weighted by molar-refractivity contribution is -0.136. The molecule has 2 saturated heterocycles. The highest BCUT2D eigenvalue weighted by Crippen LogP contribution is 2.39. The Bertz CT molecular complexity index is 2110. The Morgan fingerprint density at radius 2 is 1.28 bits per heavy atom. The molecule has 302 valence electrons. The number of likely N-dealkylation sites (tertiary alicyclic amines) is 2. The summed E-state index contributed by atoms with van der Waals surface area (Å²) in [7, 11) is 2.60. The number of aromatic amines is 2. The van der Waals surface area contributed by atoms with E-state index in [2.05, 4.69) is 63.1 Å². The summed E-state index contributed by atoms with van der Waals surface area (Å²) < 4.78 is 9.57. The van der Waals surface area contributed by atoms with Crippen molar-refractivity contribution >= 4 is 24.0 Å². The first-order valence-corrected chi connectivity index (χ1v) is 20.1. The number of methoxy groups -OCH3 is 2. The van der Waals surface area contributed by atoms with Crippen LogP contribution in [-0.2, 0) is 31.9 Å². The van der Waals surface area contributed by atoms with Gasteiger partial charge in [0.15, 0.2) is 0 Å². The van der Waals surface area contributed by atoms with Crippen LogP contribution in [0.1, 0.15) is 94.8 Å². The number of fused-ring (bicyclic) bond motifs is 3. The molecule has 2 aromatic carbocycles. The van der Waals surface area contributed by atoms with E-state index >= 15 is 0 Å². The molecule has 0 saturated carbocycles. The zero-order valence-corrected chi connectivity index (χ0v) is 33.7. The highest BCUT2D eigenvalue weighted by molar-refractivity contribution is 5.87. The SMILES string of the molecule is COC(=O)NC(C(=O)N1CCC[C@H]1c1ncc(-c2ccc(-c3ccc4c(c3)CCCc3[nH]c([C@@H]5CCCN5C(=O)[C@@H](NC(=O)OC)C(C)C)nc3-4)cc2)[nH]1)C(C)C. The monoisotopic (exact) mass is 778 g/mol. The molecule has 2 aliphatic heterocycles. The van der Waals surface area contributed by atoms with Crippen LogP contribution in [-0.4, -0.2) is 93.1 Å². The Balaban J connectivity index is 1.06. The number of carbonyl (C=O) groups is 4. The van der Waals surface area contributed by atoms with Gasteiger partial charge in [-0.2, -0.15) is 0 Å². The molecule has 0 spiro atoms. The lowest BCUT2D eigenvalue weighted by atomic mass is 9.95. The lowest BCUT2D eigenvalue weighted by Crippen LogP contribution is -2.51. The molecular formula is C43H54N8O6. The van der Waals surface area contributed by atoms with Gasteiger partial charge >= 0.3 is 12.2 Å². The number of rotatable bonds is 10. The zero-order valence-electron chi connectivity index (χ0n) is 33.7. The second-order valence-electron chi connectivity index (χ2n) is 16.0. The number of imidazole rings is 2. The summed E-state index contributed by atoms with van der Waals surface area (Å²) in [6.07, 6.45) is 6.65. The molecule has 4 atom stereocenters. The quantitative estimate of drug-likeness (QED) is 0.137. The topological polar surface area (TPSA) is 175 Å². The standard InChI is InChI=1S/C43H54N8O6/c1-24(2)35(48-42(54)56-5)40(52)50-20-8-12-33(50)38-44-23-32(46-38)27-16-14-26(15-17-27)28-18-19-30-29(22-28)10-7-11-31-37(30)47-39(45-31)34-13-9-21-51(34)41(53)36(25(3)4)49-43(55)57-6/h14-19,22-25,33-36H,7-13,20-21H2,1-6H3,(H,44,46)(H,45,47)(H,48,54)(H,49,55)/t33-,34-,35?,36-/m0/s1. The fraction of sp³-hybridized carbons (Fsp3) is 0.488. The molecule has 7 rings (SSSR count). The summed E-state index contributed by atoms with van der Waals surface area (Å²) in [4.78, 5) is 72.0. The van der Waals surface area contributed by atoms with Crippen molar-refractivity contribution in [3.05, 3.63) is 71.6 Å². The van der Waals surface area contributed by atoms with Crippen LogP contribution in [0.25, 0.3) is 33.6 Å². The molecule has 4 heterocycles. The van der Waals surface area contributed by atoms with Crippen molar-refractivity contribution in [1.82, 2.24) is 40.4 Å². The van der Waals surface area contributed by atoms with Crippen molar-refractivity contribution in [3.63, 3.8) is 0 Å². The highest BCUT2D eigenvalue weighted by atomic mass is 16.5. The number of ether oxygens (including phenoxy) is 2. The molecule has 0 bridgehead atoms. The minimum atomic E-state index is -0.686. The largest absolute Gasteiger partial charge is 0.453 e. The Kier molecular flexibility index (Phi) is 11.7. The van der Waals surface area contributed by atoms with Crippen LogP contribution in [0, 0.1) is 11.8 Å². The van der Waals surface area contributed by atoms with Gasteiger partial charge in [0, 0.05) is 24.3 Å². The summed E-state index contributed by atoms with van der Waals surface area (Å²) in [5.74, 6) is 1.07. The van der Waals surface area contributed by atoms with Gasteiger partial charge in [-0.05, 0) is 79.0 Å². The van der Waals surface area contributed by atoms with Gasteiger partial charge in [-0.25, -0.2) is 19.6 Å². The number of alkyl carbamates (subject to hydrolysis) is 2. The molecule has 14 heteroatoms. The van der Waals surface area contributed by atoms with Crippen molar-refractivity contribution in [2.45, 2.75) is 96.8 Å². The second kappa shape index (κ2) is 16.8. The van der Waals surface area contributed by atoms with Crippen LogP contribution in [0.2, 0.25) is 0 Å². The molecular weight excluding hydrogens is 725 g/mol. The molecule has 4 N–H and O–H groups in total. The van der Waals surface area contributed by atoms with Gasteiger partial charge in [0.1, 0.15) is 23.7 Å². The minimum absolute atomic E-state index is 0.101. The summed E-state index contributed by atoms with van der Waals surface area (Å²) in [5, 5.41) is 5.44. The van der Waals surface area contributed by atoms with Gasteiger partial charge in [-0.1, -0.05) is 70.2 Å². The van der Waals surface area contributed by atoms with Gasteiger partial charge in [-0.15, -0.1) is 0 Å². The number of nitrogens with one attached hydrogen (secondary N) is 4. The molecule has 4 amide bonds. The third kappa shape index (κ3) is 8.12. The van der Waals surface area contributed by atoms with E-state index in [-0.39, 0.29) is 35.7 Å². The molecule has 3 aliphatic rings. The van der Waals surface area contributed by atoms with Gasteiger partial charge in [0.2, 0.25) is 11.8 Å². The smallest absolute Gasteiger partial charge is 0.407 e. The second-order valence-corrected chi connectivity index (χ2v) is 16.0. The van der Waals surface area contributed by atoms with E-state index in [1.54, 1.807) is 0 Å². The third-order valence-electron chi connectivity index (χ3n) is 11.6. The summed E-state index contributed by atoms with van der Waals surface area (Å²) in [5.41, 5.74) is 8.47. The first kappa shape index (κ1) is 39.6. The first-order valence-electron chi connectivity index (χ1n) is 20.1. The van der Waals surface area contributed by atoms with Crippen molar-refractivity contribution in [2.75, 3.05) is 27.3 Å². The first-order chi connectivity index (χ1) is 27.5. The number of hydrogen-bond acceptors (Lipinski definition) is 8. The Hall–Kier alpha value is -5.66. The molecule has 0 radical (unpaired) electrons. The van der Waals surface area contributed by atoms with Gasteiger partial charge in [-0.3, -0.25) is 9.59 Å². The summed E-state index contributed by atoms with van der Waals surface area (Å²) in [6.45, 7) is 8.85. The van der Waals surface area contributed by atoms with E-state index in [1.807, 2.05) is 43.7 Å². The molecule has 14 nitrogen and oxygen atoms in total. The zero-order chi connectivity index (χ0) is 40.4.